The van der Waals surface area contributed by atoms with Gasteiger partial charge in [0.15, 0.2) is 11.5 Å². The van der Waals surface area contributed by atoms with Gasteiger partial charge in [-0.25, -0.2) is 4.98 Å². The van der Waals surface area contributed by atoms with E-state index in [-0.39, 0.29) is 17.6 Å². The van der Waals surface area contributed by atoms with E-state index in [0.29, 0.717) is 49.9 Å². The number of pyridine rings is 1. The number of carbonyl (C=O) groups excluding carboxylic acids is 2. The maximum absolute atomic E-state index is 12.8. The largest absolute Gasteiger partial charge is 0.487 e. The van der Waals surface area contributed by atoms with Gasteiger partial charge in [0, 0.05) is 20.3 Å². The lowest BCUT2D eigenvalue weighted by molar-refractivity contribution is -0.124. The van der Waals surface area contributed by atoms with E-state index >= 15 is 0 Å². The normalized spacial score (nSPS) is 14.9. The van der Waals surface area contributed by atoms with Crippen molar-refractivity contribution >= 4 is 11.8 Å². The number of nitrogens with zero attached hydrogens (tertiary/aromatic N) is 1. The van der Waals surface area contributed by atoms with Crippen LogP contribution in [0.1, 0.15) is 29.0 Å². The molecule has 0 spiro atoms. The summed E-state index contributed by atoms with van der Waals surface area (Å²) in [5.41, 5.74) is 1.65. The second-order valence-corrected chi connectivity index (χ2v) is 7.83. The quantitative estimate of drug-likeness (QED) is 0.548. The molecule has 8 heteroatoms. The summed E-state index contributed by atoms with van der Waals surface area (Å²) in [5, 5.41) is 5.45. The lowest BCUT2D eigenvalue weighted by Gasteiger charge is -2.29. The van der Waals surface area contributed by atoms with Crippen LogP contribution in [0.25, 0.3) is 11.5 Å². The fraction of sp³-hybridized carbons (Fsp3) is 0.320. The van der Waals surface area contributed by atoms with Gasteiger partial charge in [0.2, 0.25) is 5.91 Å². The van der Waals surface area contributed by atoms with Crippen LogP contribution < -0.4 is 15.4 Å². The molecule has 2 N–H and O–H groups in total. The smallest absolute Gasteiger partial charge is 0.287 e. The predicted molar refractivity (Wildman–Crippen MR) is 122 cm³/mol. The molecule has 1 aliphatic heterocycles. The van der Waals surface area contributed by atoms with Crippen LogP contribution in [0.4, 0.5) is 0 Å². The van der Waals surface area contributed by atoms with Gasteiger partial charge in [0.1, 0.15) is 24.1 Å². The molecule has 0 saturated carbocycles. The fourth-order valence-corrected chi connectivity index (χ4v) is 3.76. The molecule has 2 aromatic heterocycles. The number of hydrogen-bond donors (Lipinski definition) is 2. The summed E-state index contributed by atoms with van der Waals surface area (Å²) in [6.07, 6.45) is 3.04. The first-order valence-electron chi connectivity index (χ1n) is 11.0. The van der Waals surface area contributed by atoms with Crippen LogP contribution in [0.3, 0.4) is 0 Å². The van der Waals surface area contributed by atoms with Crippen LogP contribution in [0, 0.1) is 5.92 Å². The average molecular weight is 450 g/mol. The molecule has 3 aromatic rings. The van der Waals surface area contributed by atoms with Crippen molar-refractivity contribution in [1.29, 1.82) is 0 Å². The summed E-state index contributed by atoms with van der Waals surface area (Å²) in [4.78, 5) is 29.5. The maximum atomic E-state index is 12.8. The first-order chi connectivity index (χ1) is 16.1. The molecule has 0 radical (unpaired) electrons. The van der Waals surface area contributed by atoms with Gasteiger partial charge in [-0.15, -0.1) is 0 Å². The van der Waals surface area contributed by atoms with Gasteiger partial charge in [0.25, 0.3) is 5.91 Å². The van der Waals surface area contributed by atoms with E-state index in [4.69, 9.17) is 13.9 Å². The first-order valence-corrected chi connectivity index (χ1v) is 11.0. The molecule has 1 fully saturated rings. The van der Waals surface area contributed by atoms with Crippen molar-refractivity contribution in [1.82, 2.24) is 15.6 Å². The zero-order valence-corrected chi connectivity index (χ0v) is 18.5. The molecule has 0 aliphatic carbocycles. The van der Waals surface area contributed by atoms with Crippen molar-refractivity contribution in [2.75, 3.05) is 20.3 Å². The van der Waals surface area contributed by atoms with E-state index in [1.807, 2.05) is 30.3 Å². The van der Waals surface area contributed by atoms with Crippen molar-refractivity contribution < 1.29 is 23.5 Å². The Morgan fingerprint density at radius 3 is 2.58 bits per heavy atom. The molecule has 1 aliphatic rings. The summed E-state index contributed by atoms with van der Waals surface area (Å²) in [6.45, 7) is 1.61. The highest BCUT2D eigenvalue weighted by Gasteiger charge is 2.31. The molecular weight excluding hydrogens is 422 g/mol. The highest BCUT2D eigenvalue weighted by Crippen LogP contribution is 2.24. The third kappa shape index (κ3) is 5.78. The number of hydrogen-bond acceptors (Lipinski definition) is 6. The number of nitrogens with one attached hydrogen (secondary N) is 2. The van der Waals surface area contributed by atoms with Crippen LogP contribution in [-0.2, 0) is 16.1 Å². The molecule has 4 rings (SSSR count). The number of ether oxygens (including phenoxy) is 2. The third-order valence-corrected chi connectivity index (χ3v) is 5.62. The Morgan fingerprint density at radius 1 is 1.09 bits per heavy atom. The van der Waals surface area contributed by atoms with Gasteiger partial charge in [0.05, 0.1) is 6.20 Å². The van der Waals surface area contributed by atoms with E-state index in [1.54, 1.807) is 37.5 Å². The number of likely N-dealkylation sites (N-methyl/N-ethyl adjacent to an activating group) is 1. The zero-order chi connectivity index (χ0) is 23.0. The van der Waals surface area contributed by atoms with Crippen LogP contribution in [-0.4, -0.2) is 43.1 Å². The van der Waals surface area contributed by atoms with E-state index < -0.39 is 11.9 Å². The second kappa shape index (κ2) is 10.8. The van der Waals surface area contributed by atoms with Crippen molar-refractivity contribution in [2.24, 2.45) is 5.92 Å². The predicted octanol–water partition coefficient (Wildman–Crippen LogP) is 3.19. The summed E-state index contributed by atoms with van der Waals surface area (Å²) in [7, 11) is 1.56. The average Bonchev–Trinajstić information content (AvgIpc) is 3.37. The monoisotopic (exact) mass is 449 g/mol. The third-order valence-electron chi connectivity index (χ3n) is 5.62. The topological polar surface area (TPSA) is 103 Å². The lowest BCUT2D eigenvalue weighted by atomic mass is 9.91. The molecule has 33 heavy (non-hydrogen) atoms. The molecule has 1 atom stereocenters. The minimum absolute atomic E-state index is 0.0159. The number of amides is 2. The van der Waals surface area contributed by atoms with E-state index in [2.05, 4.69) is 15.6 Å². The van der Waals surface area contributed by atoms with Gasteiger partial charge in [-0.2, -0.15) is 0 Å². The van der Waals surface area contributed by atoms with Crippen molar-refractivity contribution in [3.8, 4) is 17.2 Å². The SMILES string of the molecule is CNC(=O)C(NC(=O)c1ccc(-c2ccc(OCc3ccccc3)cn2)o1)C1CCOCC1. The van der Waals surface area contributed by atoms with Crippen molar-refractivity contribution in [3.05, 3.63) is 72.1 Å². The van der Waals surface area contributed by atoms with E-state index in [9.17, 15) is 9.59 Å². The van der Waals surface area contributed by atoms with Gasteiger partial charge < -0.3 is 24.5 Å². The fourth-order valence-electron chi connectivity index (χ4n) is 3.76. The standard InChI is InChI=1S/C25H27N3O5/c1-26-25(30)23(18-11-13-31-14-12-18)28-24(29)22-10-9-21(33-22)20-8-7-19(15-27-20)32-16-17-5-3-2-4-6-17/h2-10,15,18,23H,11-14,16H2,1H3,(H,26,30)(H,28,29). The molecule has 0 bridgehead atoms. The number of carbonyl (C=O) groups is 2. The van der Waals surface area contributed by atoms with Gasteiger partial charge in [-0.1, -0.05) is 30.3 Å². The molecule has 1 saturated heterocycles. The van der Waals surface area contributed by atoms with Crippen LogP contribution in [0.15, 0.2) is 65.2 Å². The Kier molecular flexibility index (Phi) is 7.36. The number of furan rings is 1. The van der Waals surface area contributed by atoms with E-state index in [0.717, 1.165) is 5.56 Å². The Hall–Kier alpha value is -3.65. The number of aromatic nitrogens is 1. The maximum Gasteiger partial charge on any atom is 0.287 e. The molecule has 3 heterocycles. The minimum Gasteiger partial charge on any atom is -0.487 e. The Labute approximate surface area is 192 Å². The summed E-state index contributed by atoms with van der Waals surface area (Å²) < 4.78 is 16.9. The molecule has 8 nitrogen and oxygen atoms in total. The first kappa shape index (κ1) is 22.5. The van der Waals surface area contributed by atoms with Crippen molar-refractivity contribution in [3.63, 3.8) is 0 Å². The summed E-state index contributed by atoms with van der Waals surface area (Å²) >= 11 is 0. The van der Waals surface area contributed by atoms with Gasteiger partial charge in [-0.3, -0.25) is 9.59 Å². The van der Waals surface area contributed by atoms with E-state index in [1.165, 1.54) is 0 Å². The molecular formula is C25H27N3O5. The molecule has 1 aromatic carbocycles. The summed E-state index contributed by atoms with van der Waals surface area (Å²) in [5.74, 6) is 0.563. The Morgan fingerprint density at radius 2 is 1.88 bits per heavy atom. The number of benzene rings is 1. The molecule has 172 valence electrons. The zero-order valence-electron chi connectivity index (χ0n) is 18.5. The van der Waals surface area contributed by atoms with Crippen molar-refractivity contribution in [2.45, 2.75) is 25.5 Å². The second-order valence-electron chi connectivity index (χ2n) is 7.83. The van der Waals surface area contributed by atoms with Crippen LogP contribution in [0.5, 0.6) is 5.75 Å². The van der Waals surface area contributed by atoms with Crippen LogP contribution in [0.2, 0.25) is 0 Å². The Bertz CT molecular complexity index is 1060. The number of rotatable bonds is 8. The summed E-state index contributed by atoms with van der Waals surface area (Å²) in [6, 6.07) is 16.1. The van der Waals surface area contributed by atoms with Gasteiger partial charge in [-0.05, 0) is 48.6 Å². The Balaban J connectivity index is 1.39. The molecule has 1 unspecified atom stereocenters. The van der Waals surface area contributed by atoms with Gasteiger partial charge >= 0.3 is 0 Å². The highest BCUT2D eigenvalue weighted by atomic mass is 16.5. The minimum atomic E-state index is -0.640. The lowest BCUT2D eigenvalue weighted by Crippen LogP contribution is -2.51. The van der Waals surface area contributed by atoms with Crippen LogP contribution >= 0.6 is 0 Å². The molecule has 2 amide bonds. The highest BCUT2D eigenvalue weighted by molar-refractivity contribution is 5.96.